The fourth-order valence-corrected chi connectivity index (χ4v) is 4.20. The van der Waals surface area contributed by atoms with E-state index in [2.05, 4.69) is 13.1 Å². The quantitative estimate of drug-likeness (QED) is 0.634. The molecule has 0 unspecified atom stereocenters. The van der Waals surface area contributed by atoms with Crippen molar-refractivity contribution in [3.8, 4) is 5.75 Å². The van der Waals surface area contributed by atoms with Crippen molar-refractivity contribution in [3.05, 3.63) is 24.3 Å². The molecule has 1 rings (SSSR count). The van der Waals surface area contributed by atoms with E-state index in [1.165, 1.54) is 4.90 Å². The van der Waals surface area contributed by atoms with Gasteiger partial charge in [0.2, 0.25) is 0 Å². The Hall–Kier alpha value is -0.453. The lowest BCUT2D eigenvalue weighted by molar-refractivity contribution is 0.405. The van der Waals surface area contributed by atoms with Gasteiger partial charge < -0.3 is 9.53 Å². The zero-order chi connectivity index (χ0) is 11.3. The lowest BCUT2D eigenvalue weighted by Crippen LogP contribution is -2.28. The summed E-state index contributed by atoms with van der Waals surface area (Å²) in [5.74, 6) is 1.41. The molecule has 0 radical (unpaired) electrons. The van der Waals surface area contributed by atoms with Crippen LogP contribution in [0.25, 0.3) is 0 Å². The van der Waals surface area contributed by atoms with Crippen LogP contribution in [0.15, 0.2) is 29.2 Å². The van der Waals surface area contributed by atoms with Gasteiger partial charge >= 0.3 is 0 Å². The summed E-state index contributed by atoms with van der Waals surface area (Å²) in [6.07, 6.45) is 0. The van der Waals surface area contributed by atoms with Crippen LogP contribution >= 0.6 is 11.8 Å². The third kappa shape index (κ3) is 4.73. The molecule has 1 aromatic carbocycles. The maximum Gasteiger partial charge on any atom is 0.187 e. The van der Waals surface area contributed by atoms with Crippen LogP contribution in [-0.4, -0.2) is 26.3 Å². The fraction of sp³-hybridized carbons (Fsp3) is 0.455. The minimum Gasteiger partial charge on any atom is -0.508 e. The Morgan fingerprint density at radius 1 is 1.27 bits per heavy atom. The SMILES string of the molecule is CO[Si](C)(C)CCSc1ccc(O)cc1. The highest BCUT2D eigenvalue weighted by atomic mass is 32.2. The van der Waals surface area contributed by atoms with E-state index in [4.69, 9.17) is 9.53 Å². The summed E-state index contributed by atoms with van der Waals surface area (Å²) in [7, 11) is 0.391. The van der Waals surface area contributed by atoms with Crippen LogP contribution in [0.2, 0.25) is 19.1 Å². The predicted molar refractivity (Wildman–Crippen MR) is 68.1 cm³/mol. The Morgan fingerprint density at radius 3 is 2.40 bits per heavy atom. The molecule has 84 valence electrons. The van der Waals surface area contributed by atoms with Crippen molar-refractivity contribution in [2.45, 2.75) is 24.0 Å². The molecule has 1 N–H and O–H groups in total. The number of hydrogen-bond acceptors (Lipinski definition) is 3. The van der Waals surface area contributed by atoms with Gasteiger partial charge in [-0.3, -0.25) is 0 Å². The van der Waals surface area contributed by atoms with Crippen molar-refractivity contribution in [1.82, 2.24) is 0 Å². The van der Waals surface area contributed by atoms with Crippen molar-refractivity contribution in [1.29, 1.82) is 0 Å². The minimum atomic E-state index is -1.41. The molecule has 0 heterocycles. The zero-order valence-corrected chi connectivity index (χ0v) is 11.3. The number of hydrogen-bond donors (Lipinski definition) is 1. The number of aromatic hydroxyl groups is 1. The Labute approximate surface area is 96.8 Å². The molecule has 0 bridgehead atoms. The number of rotatable bonds is 5. The van der Waals surface area contributed by atoms with E-state index < -0.39 is 8.32 Å². The summed E-state index contributed by atoms with van der Waals surface area (Å²) < 4.78 is 5.48. The Morgan fingerprint density at radius 2 is 1.87 bits per heavy atom. The molecule has 0 aliphatic rings. The van der Waals surface area contributed by atoms with Gasteiger partial charge in [-0.1, -0.05) is 0 Å². The van der Waals surface area contributed by atoms with Crippen molar-refractivity contribution in [2.75, 3.05) is 12.9 Å². The normalized spacial score (nSPS) is 11.7. The van der Waals surface area contributed by atoms with Gasteiger partial charge in [0.25, 0.3) is 0 Å². The van der Waals surface area contributed by atoms with Gasteiger partial charge in [-0.15, -0.1) is 11.8 Å². The molecule has 0 aromatic heterocycles. The second-order valence-electron chi connectivity index (χ2n) is 4.06. The Kier molecular flexibility index (Phi) is 4.69. The van der Waals surface area contributed by atoms with Crippen LogP contribution in [0.3, 0.4) is 0 Å². The summed E-state index contributed by atoms with van der Waals surface area (Å²) in [5.41, 5.74) is 0. The number of thioether (sulfide) groups is 1. The molecule has 15 heavy (non-hydrogen) atoms. The largest absolute Gasteiger partial charge is 0.508 e. The van der Waals surface area contributed by atoms with Gasteiger partial charge in [0.15, 0.2) is 8.32 Å². The van der Waals surface area contributed by atoms with Gasteiger partial charge in [0.1, 0.15) is 5.75 Å². The minimum absolute atomic E-state index is 0.325. The predicted octanol–water partition coefficient (Wildman–Crippen LogP) is 3.34. The molecule has 0 saturated heterocycles. The van der Waals surface area contributed by atoms with E-state index in [0.717, 1.165) is 11.8 Å². The summed E-state index contributed by atoms with van der Waals surface area (Å²) in [6, 6.07) is 8.49. The van der Waals surface area contributed by atoms with Gasteiger partial charge in [-0.05, 0) is 49.2 Å². The number of phenolic OH excluding ortho intramolecular Hbond substituents is 1. The highest BCUT2D eigenvalue weighted by Crippen LogP contribution is 2.23. The third-order valence-corrected chi connectivity index (χ3v) is 6.30. The van der Waals surface area contributed by atoms with Crippen LogP contribution in [-0.2, 0) is 4.43 Å². The van der Waals surface area contributed by atoms with Crippen LogP contribution < -0.4 is 0 Å². The Balaban J connectivity index is 2.35. The summed E-state index contributed by atoms with van der Waals surface area (Å²) in [5, 5.41) is 9.13. The summed E-state index contributed by atoms with van der Waals surface area (Å²) in [4.78, 5) is 1.20. The zero-order valence-electron chi connectivity index (χ0n) is 9.49. The molecule has 0 spiro atoms. The number of phenols is 1. The highest BCUT2D eigenvalue weighted by Gasteiger charge is 2.19. The first-order valence-corrected chi connectivity index (χ1v) is 9.10. The van der Waals surface area contributed by atoms with E-state index in [0.29, 0.717) is 5.75 Å². The third-order valence-electron chi connectivity index (χ3n) is 2.36. The lowest BCUT2D eigenvalue weighted by atomic mass is 10.3. The second-order valence-corrected chi connectivity index (χ2v) is 9.65. The molecular weight excluding hydrogens is 224 g/mol. The molecular formula is C11H18O2SSi. The van der Waals surface area contributed by atoms with Crippen molar-refractivity contribution < 1.29 is 9.53 Å². The van der Waals surface area contributed by atoms with Crippen molar-refractivity contribution in [2.24, 2.45) is 0 Å². The molecule has 0 saturated carbocycles. The summed E-state index contributed by atoms with van der Waals surface area (Å²) in [6.45, 7) is 4.45. The van der Waals surface area contributed by atoms with E-state index >= 15 is 0 Å². The monoisotopic (exact) mass is 242 g/mol. The Bertz CT molecular complexity index is 298. The molecule has 0 atom stereocenters. The van der Waals surface area contributed by atoms with Crippen molar-refractivity contribution in [3.63, 3.8) is 0 Å². The van der Waals surface area contributed by atoms with Gasteiger partial charge in [0, 0.05) is 12.0 Å². The molecule has 0 aliphatic carbocycles. The number of benzene rings is 1. The smallest absolute Gasteiger partial charge is 0.187 e. The first-order chi connectivity index (χ1) is 7.03. The van der Waals surface area contributed by atoms with Gasteiger partial charge in [-0.25, -0.2) is 0 Å². The fourth-order valence-electron chi connectivity index (χ4n) is 1.06. The molecule has 4 heteroatoms. The van der Waals surface area contributed by atoms with E-state index in [9.17, 15) is 0 Å². The average molecular weight is 242 g/mol. The molecule has 0 fully saturated rings. The summed E-state index contributed by atoms with van der Waals surface area (Å²) >= 11 is 1.81. The first-order valence-electron chi connectivity index (χ1n) is 5.00. The van der Waals surface area contributed by atoms with E-state index in [-0.39, 0.29) is 0 Å². The van der Waals surface area contributed by atoms with Crippen LogP contribution in [0, 0.1) is 0 Å². The van der Waals surface area contributed by atoms with Crippen LogP contribution in [0.1, 0.15) is 0 Å². The topological polar surface area (TPSA) is 29.5 Å². The van der Waals surface area contributed by atoms with Gasteiger partial charge in [0.05, 0.1) is 0 Å². The maximum absolute atomic E-state index is 9.13. The highest BCUT2D eigenvalue weighted by molar-refractivity contribution is 7.99. The van der Waals surface area contributed by atoms with E-state index in [1.807, 2.05) is 23.9 Å². The maximum atomic E-state index is 9.13. The molecule has 1 aromatic rings. The molecule has 0 amide bonds. The van der Waals surface area contributed by atoms with E-state index in [1.54, 1.807) is 19.2 Å². The second kappa shape index (κ2) is 5.58. The first kappa shape index (κ1) is 12.6. The standard InChI is InChI=1S/C11H18O2SSi/c1-13-15(2,3)9-8-14-11-6-4-10(12)5-7-11/h4-7,12H,8-9H2,1-3H3. The van der Waals surface area contributed by atoms with Crippen molar-refractivity contribution >= 4 is 20.1 Å². The average Bonchev–Trinajstić information content (AvgIpc) is 2.21. The van der Waals surface area contributed by atoms with Crippen LogP contribution in [0.4, 0.5) is 0 Å². The molecule has 0 aliphatic heterocycles. The van der Waals surface area contributed by atoms with Crippen LogP contribution in [0.5, 0.6) is 5.75 Å². The molecule has 2 nitrogen and oxygen atoms in total. The lowest BCUT2D eigenvalue weighted by Gasteiger charge is -2.19. The van der Waals surface area contributed by atoms with Gasteiger partial charge in [-0.2, -0.15) is 0 Å².